The van der Waals surface area contributed by atoms with Gasteiger partial charge in [-0.25, -0.2) is 8.78 Å². The number of halogens is 2. The fraction of sp³-hybridized carbons (Fsp3) is 0.500. The summed E-state index contributed by atoms with van der Waals surface area (Å²) in [6.45, 7) is 3.91. The van der Waals surface area contributed by atoms with Gasteiger partial charge in [-0.05, 0) is 24.5 Å². The Morgan fingerprint density at radius 2 is 1.96 bits per heavy atom. The van der Waals surface area contributed by atoms with Crippen molar-refractivity contribution < 1.29 is 23.5 Å². The molecule has 0 aliphatic carbocycles. The second-order valence-electron chi connectivity index (χ2n) is 6.02. The van der Waals surface area contributed by atoms with E-state index in [1.807, 2.05) is 13.8 Å². The smallest absolute Gasteiger partial charge is 0.239 e. The molecule has 2 atom stereocenters. The SMILES string of the molecule is CC(C)C(O)CNC(=O)C1CCN(c2cc(F)cc(F)c2)C1=O. The van der Waals surface area contributed by atoms with Gasteiger partial charge in [0.15, 0.2) is 0 Å². The minimum Gasteiger partial charge on any atom is -0.391 e. The summed E-state index contributed by atoms with van der Waals surface area (Å²) in [5.74, 6) is -3.44. The zero-order valence-electron chi connectivity index (χ0n) is 13.1. The molecule has 1 aliphatic heterocycles. The van der Waals surface area contributed by atoms with E-state index in [0.29, 0.717) is 0 Å². The van der Waals surface area contributed by atoms with Gasteiger partial charge in [0.25, 0.3) is 0 Å². The molecule has 2 amide bonds. The number of aliphatic hydroxyl groups is 1. The molecule has 1 saturated heterocycles. The van der Waals surface area contributed by atoms with E-state index < -0.39 is 35.5 Å². The van der Waals surface area contributed by atoms with Crippen molar-refractivity contribution in [3.63, 3.8) is 0 Å². The first-order valence-electron chi connectivity index (χ1n) is 7.53. The number of anilines is 1. The Bertz CT molecular complexity index is 587. The molecule has 2 rings (SSSR count). The quantitative estimate of drug-likeness (QED) is 0.805. The summed E-state index contributed by atoms with van der Waals surface area (Å²) in [4.78, 5) is 25.6. The molecule has 1 fully saturated rings. The topological polar surface area (TPSA) is 69.6 Å². The Balaban J connectivity index is 2.02. The van der Waals surface area contributed by atoms with Gasteiger partial charge < -0.3 is 15.3 Å². The second-order valence-corrected chi connectivity index (χ2v) is 6.02. The van der Waals surface area contributed by atoms with E-state index in [0.717, 1.165) is 18.2 Å². The third-order valence-electron chi connectivity index (χ3n) is 3.94. The number of rotatable bonds is 5. The van der Waals surface area contributed by atoms with Gasteiger partial charge in [-0.15, -0.1) is 0 Å². The third kappa shape index (κ3) is 4.04. The number of carbonyl (C=O) groups is 2. The molecule has 1 aromatic rings. The number of benzene rings is 1. The van der Waals surface area contributed by atoms with Crippen molar-refractivity contribution >= 4 is 17.5 Å². The van der Waals surface area contributed by atoms with Gasteiger partial charge in [-0.3, -0.25) is 9.59 Å². The fourth-order valence-corrected chi connectivity index (χ4v) is 2.44. The minimum absolute atomic E-state index is 0.0126. The van der Waals surface area contributed by atoms with Crippen LogP contribution in [-0.4, -0.2) is 36.1 Å². The maximum Gasteiger partial charge on any atom is 0.239 e. The number of carbonyl (C=O) groups excluding carboxylic acids is 2. The molecule has 7 heteroatoms. The van der Waals surface area contributed by atoms with E-state index in [9.17, 15) is 23.5 Å². The number of nitrogens with one attached hydrogen (secondary N) is 1. The molecule has 5 nitrogen and oxygen atoms in total. The van der Waals surface area contributed by atoms with Crippen LogP contribution in [0.5, 0.6) is 0 Å². The highest BCUT2D eigenvalue weighted by molar-refractivity contribution is 6.09. The van der Waals surface area contributed by atoms with Gasteiger partial charge in [0.1, 0.15) is 17.6 Å². The minimum atomic E-state index is -0.902. The van der Waals surface area contributed by atoms with Crippen molar-refractivity contribution in [2.45, 2.75) is 26.4 Å². The fourth-order valence-electron chi connectivity index (χ4n) is 2.44. The molecule has 23 heavy (non-hydrogen) atoms. The number of amides is 2. The molecular weight excluding hydrogens is 306 g/mol. The molecule has 0 saturated carbocycles. The van der Waals surface area contributed by atoms with E-state index in [1.54, 1.807) is 0 Å². The number of hydrogen-bond acceptors (Lipinski definition) is 3. The van der Waals surface area contributed by atoms with Gasteiger partial charge >= 0.3 is 0 Å². The second kappa shape index (κ2) is 7.04. The molecule has 2 N–H and O–H groups in total. The Hall–Kier alpha value is -2.02. The van der Waals surface area contributed by atoms with Gasteiger partial charge in [0.05, 0.1) is 6.10 Å². The average molecular weight is 326 g/mol. The molecule has 126 valence electrons. The van der Waals surface area contributed by atoms with E-state index in [-0.39, 0.29) is 31.1 Å². The Morgan fingerprint density at radius 3 is 2.52 bits per heavy atom. The Morgan fingerprint density at radius 1 is 1.35 bits per heavy atom. The van der Waals surface area contributed by atoms with Crippen molar-refractivity contribution in [2.24, 2.45) is 11.8 Å². The van der Waals surface area contributed by atoms with Crippen LogP contribution in [-0.2, 0) is 9.59 Å². The predicted octanol–water partition coefficient (Wildman–Crippen LogP) is 1.45. The zero-order chi connectivity index (χ0) is 17.1. The highest BCUT2D eigenvalue weighted by Gasteiger charge is 2.37. The lowest BCUT2D eigenvalue weighted by atomic mass is 10.1. The summed E-state index contributed by atoms with van der Waals surface area (Å²) >= 11 is 0. The molecular formula is C16H20F2N2O3. The third-order valence-corrected chi connectivity index (χ3v) is 3.94. The summed E-state index contributed by atoms with van der Waals surface area (Å²) in [6, 6.07) is 2.84. The first-order valence-corrected chi connectivity index (χ1v) is 7.53. The molecule has 1 aromatic carbocycles. The van der Waals surface area contributed by atoms with E-state index >= 15 is 0 Å². The highest BCUT2D eigenvalue weighted by Crippen LogP contribution is 2.26. The first-order chi connectivity index (χ1) is 10.8. The van der Waals surface area contributed by atoms with Crippen LogP contribution in [0.25, 0.3) is 0 Å². The van der Waals surface area contributed by atoms with Crippen LogP contribution in [0.2, 0.25) is 0 Å². The standard InChI is InChI=1S/C16H20F2N2O3/c1-9(2)14(21)8-19-15(22)13-3-4-20(16(13)23)12-6-10(17)5-11(18)7-12/h5-7,9,13-14,21H,3-4,8H2,1-2H3,(H,19,22). The van der Waals surface area contributed by atoms with Crippen molar-refractivity contribution in [3.8, 4) is 0 Å². The summed E-state index contributed by atoms with van der Waals surface area (Å²) in [5, 5.41) is 12.2. The maximum absolute atomic E-state index is 13.3. The maximum atomic E-state index is 13.3. The molecule has 1 heterocycles. The molecule has 0 bridgehead atoms. The summed E-state index contributed by atoms with van der Waals surface area (Å²) in [6.07, 6.45) is -0.426. The largest absolute Gasteiger partial charge is 0.391 e. The Labute approximate surface area is 133 Å². The first kappa shape index (κ1) is 17.3. The summed E-state index contributed by atoms with van der Waals surface area (Å²) in [5.41, 5.74) is 0.102. The van der Waals surface area contributed by atoms with Crippen LogP contribution in [0.3, 0.4) is 0 Å². The highest BCUT2D eigenvalue weighted by atomic mass is 19.1. The average Bonchev–Trinajstić information content (AvgIpc) is 2.85. The number of hydrogen-bond donors (Lipinski definition) is 2. The molecule has 0 spiro atoms. The summed E-state index contributed by atoms with van der Waals surface area (Å²) < 4.78 is 26.5. The van der Waals surface area contributed by atoms with Crippen LogP contribution in [0.1, 0.15) is 20.3 Å². The lowest BCUT2D eigenvalue weighted by molar-refractivity contribution is -0.132. The zero-order valence-corrected chi connectivity index (χ0v) is 13.1. The lowest BCUT2D eigenvalue weighted by Gasteiger charge is -2.18. The summed E-state index contributed by atoms with van der Waals surface area (Å²) in [7, 11) is 0. The molecule has 0 aromatic heterocycles. The predicted molar refractivity (Wildman–Crippen MR) is 80.7 cm³/mol. The monoisotopic (exact) mass is 326 g/mol. The van der Waals surface area contributed by atoms with Gasteiger partial charge in [0, 0.05) is 24.8 Å². The van der Waals surface area contributed by atoms with Gasteiger partial charge in [-0.2, -0.15) is 0 Å². The van der Waals surface area contributed by atoms with Crippen molar-refractivity contribution in [1.82, 2.24) is 5.32 Å². The van der Waals surface area contributed by atoms with Crippen molar-refractivity contribution in [1.29, 1.82) is 0 Å². The van der Waals surface area contributed by atoms with E-state index in [4.69, 9.17) is 0 Å². The molecule has 1 aliphatic rings. The van der Waals surface area contributed by atoms with Crippen LogP contribution in [0, 0.1) is 23.5 Å². The molecule has 0 radical (unpaired) electrons. The van der Waals surface area contributed by atoms with Gasteiger partial charge in [0.2, 0.25) is 11.8 Å². The van der Waals surface area contributed by atoms with Crippen LogP contribution < -0.4 is 10.2 Å². The van der Waals surface area contributed by atoms with Crippen LogP contribution in [0.4, 0.5) is 14.5 Å². The van der Waals surface area contributed by atoms with Crippen molar-refractivity contribution in [3.05, 3.63) is 29.8 Å². The van der Waals surface area contributed by atoms with Gasteiger partial charge in [-0.1, -0.05) is 13.8 Å². The van der Waals surface area contributed by atoms with Crippen LogP contribution in [0.15, 0.2) is 18.2 Å². The normalized spacial score (nSPS) is 19.3. The van der Waals surface area contributed by atoms with E-state index in [2.05, 4.69) is 5.32 Å². The molecule has 2 unspecified atom stereocenters. The van der Waals surface area contributed by atoms with E-state index in [1.165, 1.54) is 4.90 Å². The van der Waals surface area contributed by atoms with Crippen LogP contribution >= 0.6 is 0 Å². The number of nitrogens with zero attached hydrogens (tertiary/aromatic N) is 1. The number of aliphatic hydroxyl groups excluding tert-OH is 1. The lowest BCUT2D eigenvalue weighted by Crippen LogP contribution is -2.41. The van der Waals surface area contributed by atoms with Crippen molar-refractivity contribution in [2.75, 3.05) is 18.0 Å². The Kier molecular flexibility index (Phi) is 5.30.